The Hall–Kier alpha value is -0.610. The Morgan fingerprint density at radius 3 is 2.84 bits per heavy atom. The highest BCUT2D eigenvalue weighted by Gasteiger charge is 2.29. The molecule has 0 spiro atoms. The third kappa shape index (κ3) is 4.46. The van der Waals surface area contributed by atoms with Gasteiger partial charge in [-0.3, -0.25) is 4.79 Å². The first-order valence-corrected chi connectivity index (χ1v) is 7.81. The van der Waals surface area contributed by atoms with Gasteiger partial charge in [-0.05, 0) is 50.9 Å². The maximum atomic E-state index is 12.1. The number of hydrogen-bond donors (Lipinski definition) is 2. The summed E-state index contributed by atoms with van der Waals surface area (Å²) in [6.45, 7) is 3.80. The van der Waals surface area contributed by atoms with E-state index in [-0.39, 0.29) is 17.9 Å². The van der Waals surface area contributed by atoms with Gasteiger partial charge in [0.2, 0.25) is 5.91 Å². The third-order valence-corrected chi connectivity index (χ3v) is 4.67. The maximum absolute atomic E-state index is 12.1. The first kappa shape index (κ1) is 14.8. The first-order chi connectivity index (χ1) is 9.16. The van der Waals surface area contributed by atoms with E-state index in [2.05, 4.69) is 12.2 Å². The van der Waals surface area contributed by atoms with E-state index >= 15 is 0 Å². The van der Waals surface area contributed by atoms with Crippen molar-refractivity contribution in [2.45, 2.75) is 64.0 Å². The van der Waals surface area contributed by atoms with Crippen molar-refractivity contribution < 1.29 is 9.53 Å². The molecule has 4 nitrogen and oxygen atoms in total. The average Bonchev–Trinajstić information content (AvgIpc) is 2.43. The van der Waals surface area contributed by atoms with Crippen molar-refractivity contribution in [2.75, 3.05) is 13.2 Å². The highest BCUT2D eigenvalue weighted by atomic mass is 16.5. The van der Waals surface area contributed by atoms with Gasteiger partial charge in [0.05, 0.1) is 6.10 Å². The minimum absolute atomic E-state index is 0.124. The van der Waals surface area contributed by atoms with E-state index in [0.717, 1.165) is 45.3 Å². The zero-order chi connectivity index (χ0) is 13.7. The molecule has 0 aromatic rings. The van der Waals surface area contributed by atoms with Crippen LogP contribution in [0.5, 0.6) is 0 Å². The van der Waals surface area contributed by atoms with Crippen LogP contribution in [0.3, 0.4) is 0 Å². The molecule has 0 radical (unpaired) electrons. The zero-order valence-electron chi connectivity index (χ0n) is 12.1. The minimum atomic E-state index is 0.124. The summed E-state index contributed by atoms with van der Waals surface area (Å²) in [4.78, 5) is 12.1. The van der Waals surface area contributed by atoms with Crippen molar-refractivity contribution in [3.05, 3.63) is 0 Å². The maximum Gasteiger partial charge on any atom is 0.223 e. The SMILES string of the molecule is CC1CCC(C(=O)NCCC2CCCCO2)CC1N. The predicted octanol–water partition coefficient (Wildman–Crippen LogP) is 1.83. The van der Waals surface area contributed by atoms with Crippen molar-refractivity contribution in [2.24, 2.45) is 17.6 Å². The Balaban J connectivity index is 1.63. The van der Waals surface area contributed by atoms with Gasteiger partial charge in [-0.2, -0.15) is 0 Å². The van der Waals surface area contributed by atoms with Crippen LogP contribution in [-0.2, 0) is 9.53 Å². The predicted molar refractivity (Wildman–Crippen MR) is 75.7 cm³/mol. The Morgan fingerprint density at radius 2 is 2.16 bits per heavy atom. The van der Waals surface area contributed by atoms with Gasteiger partial charge >= 0.3 is 0 Å². The number of nitrogens with one attached hydrogen (secondary N) is 1. The molecular weight excluding hydrogens is 240 g/mol. The van der Waals surface area contributed by atoms with Gasteiger partial charge in [0, 0.05) is 25.1 Å². The van der Waals surface area contributed by atoms with Crippen molar-refractivity contribution in [3.63, 3.8) is 0 Å². The van der Waals surface area contributed by atoms with Gasteiger partial charge in [0.15, 0.2) is 0 Å². The normalized spacial score (nSPS) is 35.9. The van der Waals surface area contributed by atoms with Crippen LogP contribution < -0.4 is 11.1 Å². The fourth-order valence-corrected chi connectivity index (χ4v) is 3.13. The Labute approximate surface area is 116 Å². The molecule has 4 unspecified atom stereocenters. The van der Waals surface area contributed by atoms with Crippen LogP contribution in [-0.4, -0.2) is 31.2 Å². The molecule has 1 aliphatic carbocycles. The monoisotopic (exact) mass is 268 g/mol. The second kappa shape index (κ2) is 7.25. The van der Waals surface area contributed by atoms with E-state index in [1.165, 1.54) is 12.8 Å². The second-order valence-corrected chi connectivity index (χ2v) is 6.22. The molecule has 3 N–H and O–H groups in total. The number of ether oxygens (including phenoxy) is 1. The lowest BCUT2D eigenvalue weighted by Gasteiger charge is -2.31. The number of hydrogen-bond acceptors (Lipinski definition) is 3. The van der Waals surface area contributed by atoms with Crippen LogP contribution in [0.1, 0.15) is 51.9 Å². The second-order valence-electron chi connectivity index (χ2n) is 6.22. The van der Waals surface area contributed by atoms with E-state index in [4.69, 9.17) is 10.5 Å². The molecule has 1 heterocycles. The molecule has 2 rings (SSSR count). The summed E-state index contributed by atoms with van der Waals surface area (Å²) in [5.41, 5.74) is 6.05. The van der Waals surface area contributed by atoms with Gasteiger partial charge in [0.1, 0.15) is 0 Å². The van der Waals surface area contributed by atoms with Crippen LogP contribution in [0.4, 0.5) is 0 Å². The molecule has 110 valence electrons. The molecule has 1 amide bonds. The topological polar surface area (TPSA) is 64.3 Å². The fraction of sp³-hybridized carbons (Fsp3) is 0.933. The molecule has 1 saturated heterocycles. The largest absolute Gasteiger partial charge is 0.378 e. The molecular formula is C15H28N2O2. The molecule has 0 bridgehead atoms. The average molecular weight is 268 g/mol. The van der Waals surface area contributed by atoms with Gasteiger partial charge in [-0.15, -0.1) is 0 Å². The Kier molecular flexibility index (Phi) is 5.64. The van der Waals surface area contributed by atoms with Gasteiger partial charge in [0.25, 0.3) is 0 Å². The number of nitrogens with two attached hydrogens (primary N) is 1. The lowest BCUT2D eigenvalue weighted by atomic mass is 9.79. The molecule has 2 aliphatic rings. The van der Waals surface area contributed by atoms with Crippen molar-refractivity contribution in [1.82, 2.24) is 5.32 Å². The molecule has 1 saturated carbocycles. The van der Waals surface area contributed by atoms with E-state index in [0.29, 0.717) is 12.0 Å². The summed E-state index contributed by atoms with van der Waals surface area (Å²) in [6, 6.07) is 0.186. The number of rotatable bonds is 4. The van der Waals surface area contributed by atoms with Crippen LogP contribution in [0.25, 0.3) is 0 Å². The smallest absolute Gasteiger partial charge is 0.223 e. The summed E-state index contributed by atoms with van der Waals surface area (Å²) >= 11 is 0. The quantitative estimate of drug-likeness (QED) is 0.817. The van der Waals surface area contributed by atoms with Crippen LogP contribution in [0.15, 0.2) is 0 Å². The van der Waals surface area contributed by atoms with Crippen LogP contribution in [0, 0.1) is 11.8 Å². The molecule has 2 fully saturated rings. The lowest BCUT2D eigenvalue weighted by Crippen LogP contribution is -2.42. The molecule has 4 atom stereocenters. The lowest BCUT2D eigenvalue weighted by molar-refractivity contribution is -0.126. The minimum Gasteiger partial charge on any atom is -0.378 e. The van der Waals surface area contributed by atoms with E-state index in [1.807, 2.05) is 0 Å². The summed E-state index contributed by atoms with van der Waals surface area (Å²) in [6.07, 6.45) is 7.78. The number of amides is 1. The van der Waals surface area contributed by atoms with Gasteiger partial charge in [-0.1, -0.05) is 6.92 Å². The number of carbonyl (C=O) groups excluding carboxylic acids is 1. The highest BCUT2D eigenvalue weighted by Crippen LogP contribution is 2.27. The zero-order valence-corrected chi connectivity index (χ0v) is 12.1. The summed E-state index contributed by atoms with van der Waals surface area (Å²) < 4.78 is 5.67. The molecule has 0 aromatic carbocycles. The van der Waals surface area contributed by atoms with E-state index < -0.39 is 0 Å². The van der Waals surface area contributed by atoms with Crippen LogP contribution >= 0.6 is 0 Å². The number of carbonyl (C=O) groups is 1. The van der Waals surface area contributed by atoms with Gasteiger partial charge in [-0.25, -0.2) is 0 Å². The van der Waals surface area contributed by atoms with E-state index in [1.54, 1.807) is 0 Å². The molecule has 0 aromatic heterocycles. The van der Waals surface area contributed by atoms with Crippen LogP contribution in [0.2, 0.25) is 0 Å². The van der Waals surface area contributed by atoms with E-state index in [9.17, 15) is 4.79 Å². The summed E-state index contributed by atoms with van der Waals surface area (Å²) in [7, 11) is 0. The van der Waals surface area contributed by atoms with Crippen molar-refractivity contribution >= 4 is 5.91 Å². The highest BCUT2D eigenvalue weighted by molar-refractivity contribution is 5.78. The Morgan fingerprint density at radius 1 is 1.32 bits per heavy atom. The summed E-state index contributed by atoms with van der Waals surface area (Å²) in [5, 5.41) is 3.06. The fourth-order valence-electron chi connectivity index (χ4n) is 3.13. The standard InChI is InChI=1S/C15H28N2O2/c1-11-5-6-12(10-14(11)16)15(18)17-8-7-13-4-2-3-9-19-13/h11-14H,2-10,16H2,1H3,(H,17,18). The molecule has 4 heteroatoms. The summed E-state index contributed by atoms with van der Waals surface area (Å²) in [5.74, 6) is 0.872. The van der Waals surface area contributed by atoms with Gasteiger partial charge < -0.3 is 15.8 Å². The van der Waals surface area contributed by atoms with Crippen molar-refractivity contribution in [1.29, 1.82) is 0 Å². The Bertz CT molecular complexity index is 290. The first-order valence-electron chi connectivity index (χ1n) is 7.81. The molecule has 19 heavy (non-hydrogen) atoms. The molecule has 1 aliphatic heterocycles. The van der Waals surface area contributed by atoms with Crippen molar-refractivity contribution in [3.8, 4) is 0 Å². The third-order valence-electron chi connectivity index (χ3n) is 4.67.